The zero-order valence-electron chi connectivity index (χ0n) is 9.69. The summed E-state index contributed by atoms with van der Waals surface area (Å²) >= 11 is 0. The van der Waals surface area contributed by atoms with Crippen LogP contribution < -0.4 is 10.5 Å². The first-order valence-corrected chi connectivity index (χ1v) is 5.28. The van der Waals surface area contributed by atoms with Crippen LogP contribution in [0.3, 0.4) is 0 Å². The van der Waals surface area contributed by atoms with Crippen molar-refractivity contribution in [3.05, 3.63) is 29.8 Å². The Morgan fingerprint density at radius 2 is 1.88 bits per heavy atom. The number of hydrogen-bond acceptors (Lipinski definition) is 3. The van der Waals surface area contributed by atoms with Crippen LogP contribution >= 0.6 is 0 Å². The lowest BCUT2D eigenvalue weighted by atomic mass is 10.2. The molecule has 16 heavy (non-hydrogen) atoms. The number of benzene rings is 1. The van der Waals surface area contributed by atoms with E-state index in [1.807, 2.05) is 13.8 Å². The standard InChI is InChI=1S/C12H18N2O2/c1-9(2)15-7-8-16-11-5-3-10(4-6-11)12(13)14/h3-6,9H,7-8H2,1-2H3,(H3,13,14). The Morgan fingerprint density at radius 1 is 1.25 bits per heavy atom. The summed E-state index contributed by atoms with van der Waals surface area (Å²) in [5.74, 6) is 0.826. The van der Waals surface area contributed by atoms with E-state index in [0.29, 0.717) is 18.8 Å². The summed E-state index contributed by atoms with van der Waals surface area (Å²) in [6.45, 7) is 5.08. The largest absolute Gasteiger partial charge is 0.491 e. The second kappa shape index (κ2) is 6.12. The van der Waals surface area contributed by atoms with Gasteiger partial charge in [0.15, 0.2) is 0 Å². The summed E-state index contributed by atoms with van der Waals surface area (Å²) in [7, 11) is 0. The van der Waals surface area contributed by atoms with Crippen LogP contribution in [0.1, 0.15) is 19.4 Å². The van der Waals surface area contributed by atoms with E-state index in [9.17, 15) is 0 Å². The number of hydrogen-bond donors (Lipinski definition) is 2. The predicted octanol–water partition coefficient (Wildman–Crippen LogP) is 1.77. The highest BCUT2D eigenvalue weighted by atomic mass is 16.5. The maximum absolute atomic E-state index is 7.24. The van der Waals surface area contributed by atoms with Crippen molar-refractivity contribution in [2.75, 3.05) is 13.2 Å². The van der Waals surface area contributed by atoms with Crippen molar-refractivity contribution >= 4 is 5.84 Å². The van der Waals surface area contributed by atoms with Gasteiger partial charge in [0, 0.05) is 5.56 Å². The van der Waals surface area contributed by atoms with Crippen LogP contribution in [0, 0.1) is 5.41 Å². The molecule has 0 aliphatic heterocycles. The van der Waals surface area contributed by atoms with Gasteiger partial charge in [0.25, 0.3) is 0 Å². The van der Waals surface area contributed by atoms with Crippen molar-refractivity contribution < 1.29 is 9.47 Å². The lowest BCUT2D eigenvalue weighted by Crippen LogP contribution is -2.12. The Morgan fingerprint density at radius 3 is 2.38 bits per heavy atom. The average Bonchev–Trinajstić information content (AvgIpc) is 2.25. The van der Waals surface area contributed by atoms with E-state index >= 15 is 0 Å². The molecule has 0 spiro atoms. The van der Waals surface area contributed by atoms with Gasteiger partial charge in [-0.1, -0.05) is 0 Å². The Kier molecular flexibility index (Phi) is 4.79. The van der Waals surface area contributed by atoms with Gasteiger partial charge in [-0.25, -0.2) is 0 Å². The summed E-state index contributed by atoms with van der Waals surface area (Å²) in [4.78, 5) is 0. The SMILES string of the molecule is CC(C)OCCOc1ccc(C(=N)N)cc1. The van der Waals surface area contributed by atoms with Crippen LogP contribution in [0.4, 0.5) is 0 Å². The second-order valence-electron chi connectivity index (χ2n) is 3.71. The zero-order chi connectivity index (χ0) is 12.0. The third kappa shape index (κ3) is 4.31. The minimum Gasteiger partial charge on any atom is -0.491 e. The van der Waals surface area contributed by atoms with Gasteiger partial charge in [0.05, 0.1) is 12.7 Å². The number of nitrogens with two attached hydrogens (primary N) is 1. The average molecular weight is 222 g/mol. The molecule has 1 aromatic carbocycles. The zero-order valence-corrected chi connectivity index (χ0v) is 9.69. The molecule has 4 nitrogen and oxygen atoms in total. The van der Waals surface area contributed by atoms with Crippen LogP contribution in [0.15, 0.2) is 24.3 Å². The maximum Gasteiger partial charge on any atom is 0.122 e. The van der Waals surface area contributed by atoms with Crippen LogP contribution in [-0.4, -0.2) is 25.2 Å². The lowest BCUT2D eigenvalue weighted by molar-refractivity contribution is 0.0553. The molecule has 1 rings (SSSR count). The third-order valence-corrected chi connectivity index (χ3v) is 1.97. The Labute approximate surface area is 95.9 Å². The Hall–Kier alpha value is -1.55. The van der Waals surface area contributed by atoms with Crippen molar-refractivity contribution in [2.24, 2.45) is 5.73 Å². The van der Waals surface area contributed by atoms with E-state index < -0.39 is 0 Å². The minimum atomic E-state index is 0.0645. The first-order chi connectivity index (χ1) is 7.59. The van der Waals surface area contributed by atoms with Gasteiger partial charge in [-0.2, -0.15) is 0 Å². The molecule has 88 valence electrons. The van der Waals surface area contributed by atoms with Gasteiger partial charge in [-0.05, 0) is 38.1 Å². The second-order valence-corrected chi connectivity index (χ2v) is 3.71. The normalized spacial score (nSPS) is 10.4. The number of nitrogens with one attached hydrogen (secondary N) is 1. The number of nitrogen functional groups attached to an aromatic ring is 1. The van der Waals surface area contributed by atoms with E-state index in [1.54, 1.807) is 24.3 Å². The van der Waals surface area contributed by atoms with Crippen LogP contribution in [0.2, 0.25) is 0 Å². The fourth-order valence-electron chi connectivity index (χ4n) is 1.17. The molecule has 0 aliphatic rings. The fraction of sp³-hybridized carbons (Fsp3) is 0.417. The van der Waals surface area contributed by atoms with Gasteiger partial charge in [-0.3, -0.25) is 5.41 Å². The smallest absolute Gasteiger partial charge is 0.122 e. The predicted molar refractivity (Wildman–Crippen MR) is 64.0 cm³/mol. The fourth-order valence-corrected chi connectivity index (χ4v) is 1.17. The summed E-state index contributed by atoms with van der Waals surface area (Å²) in [6, 6.07) is 7.13. The molecule has 0 fully saturated rings. The molecule has 0 saturated heterocycles. The molecule has 0 amide bonds. The highest BCUT2D eigenvalue weighted by Gasteiger charge is 1.98. The lowest BCUT2D eigenvalue weighted by Gasteiger charge is -2.09. The monoisotopic (exact) mass is 222 g/mol. The van der Waals surface area contributed by atoms with Gasteiger partial charge < -0.3 is 15.2 Å². The molecule has 0 aromatic heterocycles. The summed E-state index contributed by atoms with van der Waals surface area (Å²) in [5, 5.41) is 7.24. The molecule has 0 aliphatic carbocycles. The van der Waals surface area contributed by atoms with E-state index in [-0.39, 0.29) is 11.9 Å². The van der Waals surface area contributed by atoms with Crippen LogP contribution in [0.5, 0.6) is 5.75 Å². The highest BCUT2D eigenvalue weighted by Crippen LogP contribution is 2.11. The van der Waals surface area contributed by atoms with Crippen molar-refractivity contribution in [3.63, 3.8) is 0 Å². The van der Waals surface area contributed by atoms with E-state index in [4.69, 9.17) is 20.6 Å². The molecule has 0 heterocycles. The molecule has 0 bridgehead atoms. The first kappa shape index (κ1) is 12.5. The van der Waals surface area contributed by atoms with E-state index in [2.05, 4.69) is 0 Å². The molecule has 3 N–H and O–H groups in total. The Bertz CT molecular complexity index is 333. The molecule has 4 heteroatoms. The molecular weight excluding hydrogens is 204 g/mol. The molecule has 0 radical (unpaired) electrons. The van der Waals surface area contributed by atoms with Gasteiger partial charge in [0.1, 0.15) is 18.2 Å². The third-order valence-electron chi connectivity index (χ3n) is 1.97. The molecule has 0 unspecified atom stereocenters. The van der Waals surface area contributed by atoms with Crippen molar-refractivity contribution in [1.82, 2.24) is 0 Å². The molecule has 0 saturated carbocycles. The number of rotatable bonds is 6. The summed E-state index contributed by atoms with van der Waals surface area (Å²) < 4.78 is 10.8. The summed E-state index contributed by atoms with van der Waals surface area (Å²) in [5.41, 5.74) is 6.04. The van der Waals surface area contributed by atoms with Crippen molar-refractivity contribution in [2.45, 2.75) is 20.0 Å². The van der Waals surface area contributed by atoms with Crippen LogP contribution in [0.25, 0.3) is 0 Å². The molecule has 0 atom stereocenters. The molecular formula is C12H18N2O2. The Balaban J connectivity index is 2.35. The minimum absolute atomic E-state index is 0.0645. The summed E-state index contributed by atoms with van der Waals surface area (Å²) in [6.07, 6.45) is 0.226. The topological polar surface area (TPSA) is 68.3 Å². The number of amidine groups is 1. The van der Waals surface area contributed by atoms with Gasteiger partial charge in [0.2, 0.25) is 0 Å². The van der Waals surface area contributed by atoms with E-state index in [1.165, 1.54) is 0 Å². The quantitative estimate of drug-likeness (QED) is 0.438. The van der Waals surface area contributed by atoms with Crippen molar-refractivity contribution in [3.8, 4) is 5.75 Å². The van der Waals surface area contributed by atoms with Gasteiger partial charge >= 0.3 is 0 Å². The van der Waals surface area contributed by atoms with Gasteiger partial charge in [-0.15, -0.1) is 0 Å². The molecule has 1 aromatic rings. The van der Waals surface area contributed by atoms with Crippen LogP contribution in [-0.2, 0) is 4.74 Å². The maximum atomic E-state index is 7.24. The first-order valence-electron chi connectivity index (χ1n) is 5.28. The van der Waals surface area contributed by atoms with E-state index in [0.717, 1.165) is 5.75 Å². The number of ether oxygens (including phenoxy) is 2. The highest BCUT2D eigenvalue weighted by molar-refractivity contribution is 5.94. The van der Waals surface area contributed by atoms with Crippen molar-refractivity contribution in [1.29, 1.82) is 5.41 Å².